The molecule has 0 spiro atoms. The summed E-state index contributed by atoms with van der Waals surface area (Å²) in [5.41, 5.74) is 1.09. The number of rotatable bonds is 6. The topological polar surface area (TPSA) is 89.2 Å². The Morgan fingerprint density at radius 3 is 2.57 bits per heavy atom. The molecule has 0 atom stereocenters. The predicted molar refractivity (Wildman–Crippen MR) is 106 cm³/mol. The van der Waals surface area contributed by atoms with Gasteiger partial charge in [0, 0.05) is 26.2 Å². The molecule has 1 aliphatic heterocycles. The highest BCUT2D eigenvalue weighted by atomic mass is 19.1. The molecular weight excluding hydrogens is 389 g/mol. The number of hydrogen-bond acceptors (Lipinski definition) is 4. The first kappa shape index (κ1) is 19.6. The lowest BCUT2D eigenvalue weighted by molar-refractivity contribution is -0.122. The number of fused-ring (bicyclic) bond motifs is 1. The van der Waals surface area contributed by atoms with Crippen LogP contribution < -0.4 is 11.0 Å². The van der Waals surface area contributed by atoms with Crippen LogP contribution in [0.5, 0.6) is 0 Å². The second-order valence-corrected chi connectivity index (χ2v) is 7.03. The second-order valence-electron chi connectivity index (χ2n) is 7.03. The molecule has 0 fully saturated rings. The minimum absolute atomic E-state index is 0.0153. The fourth-order valence-electron chi connectivity index (χ4n) is 3.36. The van der Waals surface area contributed by atoms with Crippen molar-refractivity contribution in [2.24, 2.45) is 0 Å². The molecule has 0 unspecified atom stereocenters. The van der Waals surface area contributed by atoms with Gasteiger partial charge in [0.25, 0.3) is 5.91 Å². The van der Waals surface area contributed by atoms with Gasteiger partial charge in [-0.2, -0.15) is 0 Å². The molecule has 0 saturated carbocycles. The third-order valence-electron chi connectivity index (χ3n) is 4.88. The number of aromatic nitrogens is 3. The molecule has 9 heteroatoms. The van der Waals surface area contributed by atoms with E-state index in [1.165, 1.54) is 21.6 Å². The van der Waals surface area contributed by atoms with E-state index in [4.69, 9.17) is 0 Å². The number of benzene rings is 2. The maximum absolute atomic E-state index is 13.4. The molecule has 30 heavy (non-hydrogen) atoms. The maximum atomic E-state index is 13.4. The van der Waals surface area contributed by atoms with Gasteiger partial charge in [-0.1, -0.05) is 42.5 Å². The minimum Gasteiger partial charge on any atom is -0.350 e. The lowest BCUT2D eigenvalue weighted by Gasteiger charge is -2.26. The van der Waals surface area contributed by atoms with Gasteiger partial charge in [-0.25, -0.2) is 13.9 Å². The lowest BCUT2D eigenvalue weighted by atomic mass is 10.2. The Morgan fingerprint density at radius 1 is 1.03 bits per heavy atom. The molecule has 0 bridgehead atoms. The molecule has 1 aliphatic rings. The highest BCUT2D eigenvalue weighted by molar-refractivity contribution is 5.91. The SMILES string of the molecule is O=C(Cn1nc2n(c1=O)CCN(Cc1cccc(F)c1)C2=O)NCc1ccccc1. The van der Waals surface area contributed by atoms with Crippen molar-refractivity contribution in [2.45, 2.75) is 26.2 Å². The number of halogens is 1. The van der Waals surface area contributed by atoms with E-state index in [-0.39, 0.29) is 37.2 Å². The fourth-order valence-corrected chi connectivity index (χ4v) is 3.36. The Balaban J connectivity index is 1.44. The third-order valence-corrected chi connectivity index (χ3v) is 4.88. The van der Waals surface area contributed by atoms with Crippen LogP contribution in [0.1, 0.15) is 21.7 Å². The molecule has 0 radical (unpaired) electrons. The first-order chi connectivity index (χ1) is 14.5. The molecule has 2 heterocycles. The first-order valence-electron chi connectivity index (χ1n) is 9.53. The van der Waals surface area contributed by atoms with Gasteiger partial charge in [0.15, 0.2) is 0 Å². The van der Waals surface area contributed by atoms with Crippen molar-refractivity contribution in [2.75, 3.05) is 6.54 Å². The molecule has 1 aromatic heterocycles. The van der Waals surface area contributed by atoms with Gasteiger partial charge in [-0.15, -0.1) is 5.10 Å². The molecule has 0 aliphatic carbocycles. The molecule has 0 saturated heterocycles. The van der Waals surface area contributed by atoms with Crippen LogP contribution in [-0.4, -0.2) is 37.6 Å². The number of carbonyl (C=O) groups excluding carboxylic acids is 2. The Labute approximate surface area is 171 Å². The van der Waals surface area contributed by atoms with Crippen LogP contribution in [0.15, 0.2) is 59.4 Å². The third kappa shape index (κ3) is 4.14. The van der Waals surface area contributed by atoms with Crippen LogP contribution >= 0.6 is 0 Å². The van der Waals surface area contributed by atoms with Crippen molar-refractivity contribution in [3.63, 3.8) is 0 Å². The van der Waals surface area contributed by atoms with E-state index in [9.17, 15) is 18.8 Å². The zero-order chi connectivity index (χ0) is 21.1. The Hall–Kier alpha value is -3.75. The van der Waals surface area contributed by atoms with E-state index in [2.05, 4.69) is 10.4 Å². The number of carbonyl (C=O) groups is 2. The molecule has 1 N–H and O–H groups in total. The lowest BCUT2D eigenvalue weighted by Crippen LogP contribution is -2.42. The van der Waals surface area contributed by atoms with Crippen molar-refractivity contribution < 1.29 is 14.0 Å². The summed E-state index contributed by atoms with van der Waals surface area (Å²) in [5, 5.41) is 6.81. The highest BCUT2D eigenvalue weighted by Gasteiger charge is 2.30. The number of amides is 2. The summed E-state index contributed by atoms with van der Waals surface area (Å²) in [4.78, 5) is 39.0. The largest absolute Gasteiger partial charge is 0.350 e. The second kappa shape index (κ2) is 8.32. The molecule has 4 rings (SSSR count). The Bertz CT molecular complexity index is 1140. The van der Waals surface area contributed by atoms with E-state index in [1.54, 1.807) is 12.1 Å². The van der Waals surface area contributed by atoms with E-state index in [0.29, 0.717) is 18.7 Å². The van der Waals surface area contributed by atoms with Gasteiger partial charge in [0.2, 0.25) is 11.7 Å². The van der Waals surface area contributed by atoms with Crippen molar-refractivity contribution in [3.05, 3.63) is 87.9 Å². The van der Waals surface area contributed by atoms with Crippen LogP contribution in [0, 0.1) is 5.82 Å². The zero-order valence-electron chi connectivity index (χ0n) is 16.1. The monoisotopic (exact) mass is 409 g/mol. The van der Waals surface area contributed by atoms with Gasteiger partial charge in [0.05, 0.1) is 0 Å². The van der Waals surface area contributed by atoms with Gasteiger partial charge in [0.1, 0.15) is 12.4 Å². The summed E-state index contributed by atoms with van der Waals surface area (Å²) < 4.78 is 15.7. The summed E-state index contributed by atoms with van der Waals surface area (Å²) in [6.07, 6.45) is 0. The molecule has 154 valence electrons. The average Bonchev–Trinajstić information content (AvgIpc) is 3.06. The van der Waals surface area contributed by atoms with Gasteiger partial charge in [-0.3, -0.25) is 14.2 Å². The zero-order valence-corrected chi connectivity index (χ0v) is 16.1. The number of nitrogens with one attached hydrogen (secondary N) is 1. The maximum Gasteiger partial charge on any atom is 0.346 e. The molecule has 2 amide bonds. The molecule has 8 nitrogen and oxygen atoms in total. The number of nitrogens with zero attached hydrogens (tertiary/aromatic N) is 4. The van der Waals surface area contributed by atoms with Crippen LogP contribution in [-0.2, 0) is 31.0 Å². The van der Waals surface area contributed by atoms with Crippen LogP contribution in [0.2, 0.25) is 0 Å². The Morgan fingerprint density at radius 2 is 1.80 bits per heavy atom. The predicted octanol–water partition coefficient (Wildman–Crippen LogP) is 1.16. The molecular formula is C21H20FN5O3. The summed E-state index contributed by atoms with van der Waals surface area (Å²) in [7, 11) is 0. The Kier molecular flexibility index (Phi) is 5.42. The number of hydrogen-bond donors (Lipinski definition) is 1. The van der Waals surface area contributed by atoms with Crippen LogP contribution in [0.4, 0.5) is 4.39 Å². The van der Waals surface area contributed by atoms with E-state index < -0.39 is 11.6 Å². The van der Waals surface area contributed by atoms with Crippen molar-refractivity contribution in [1.29, 1.82) is 0 Å². The first-order valence-corrected chi connectivity index (χ1v) is 9.53. The summed E-state index contributed by atoms with van der Waals surface area (Å²) >= 11 is 0. The quantitative estimate of drug-likeness (QED) is 0.662. The van der Waals surface area contributed by atoms with Crippen molar-refractivity contribution in [3.8, 4) is 0 Å². The fraction of sp³-hybridized carbons (Fsp3) is 0.238. The van der Waals surface area contributed by atoms with E-state index >= 15 is 0 Å². The summed E-state index contributed by atoms with van der Waals surface area (Å²) in [6.45, 7) is 0.843. The van der Waals surface area contributed by atoms with Crippen LogP contribution in [0.25, 0.3) is 0 Å². The minimum atomic E-state index is -0.501. The van der Waals surface area contributed by atoms with Crippen LogP contribution in [0.3, 0.4) is 0 Å². The summed E-state index contributed by atoms with van der Waals surface area (Å²) in [5.74, 6) is -1.19. The highest BCUT2D eigenvalue weighted by Crippen LogP contribution is 2.13. The van der Waals surface area contributed by atoms with E-state index in [0.717, 1.165) is 10.2 Å². The van der Waals surface area contributed by atoms with Gasteiger partial charge in [-0.05, 0) is 23.3 Å². The molecule has 2 aromatic carbocycles. The smallest absolute Gasteiger partial charge is 0.346 e. The summed E-state index contributed by atoms with van der Waals surface area (Å²) in [6, 6.07) is 15.4. The standard InChI is InChI=1S/C21H20FN5O3/c22-17-8-4-7-16(11-17)13-25-9-10-26-19(20(25)29)24-27(21(26)30)14-18(28)23-12-15-5-2-1-3-6-15/h1-8,11H,9-10,12-14H2,(H,23,28). The normalized spacial score (nSPS) is 13.2. The van der Waals surface area contributed by atoms with Crippen molar-refractivity contribution in [1.82, 2.24) is 24.6 Å². The average molecular weight is 409 g/mol. The molecule has 3 aromatic rings. The van der Waals surface area contributed by atoms with Crippen molar-refractivity contribution >= 4 is 11.8 Å². The van der Waals surface area contributed by atoms with E-state index in [1.807, 2.05) is 30.3 Å². The van der Waals surface area contributed by atoms with Gasteiger partial charge >= 0.3 is 5.69 Å². The van der Waals surface area contributed by atoms with Gasteiger partial charge < -0.3 is 10.2 Å².